The summed E-state index contributed by atoms with van der Waals surface area (Å²) in [6, 6.07) is 0.0298. The predicted molar refractivity (Wildman–Crippen MR) is 68.7 cm³/mol. The van der Waals surface area contributed by atoms with Crippen molar-refractivity contribution < 1.29 is 9.90 Å². The Kier molecular flexibility index (Phi) is 9.92. The Hall–Kier alpha value is -0.320. The van der Waals surface area contributed by atoms with Gasteiger partial charge < -0.3 is 16.2 Å². The molecule has 0 aliphatic carbocycles. The van der Waals surface area contributed by atoms with Gasteiger partial charge in [0.2, 0.25) is 5.91 Å². The summed E-state index contributed by atoms with van der Waals surface area (Å²) in [6.07, 6.45) is 2.96. The van der Waals surface area contributed by atoms with Crippen molar-refractivity contribution >= 4 is 18.3 Å². The molecule has 0 radical (unpaired) electrons. The van der Waals surface area contributed by atoms with Gasteiger partial charge in [-0.15, -0.1) is 12.4 Å². The van der Waals surface area contributed by atoms with Crippen LogP contribution in [0.25, 0.3) is 0 Å². The summed E-state index contributed by atoms with van der Waals surface area (Å²) >= 11 is 0. The van der Waals surface area contributed by atoms with Gasteiger partial charge in [0, 0.05) is 12.6 Å². The quantitative estimate of drug-likeness (QED) is 0.637. The molecule has 0 rings (SSSR count). The fourth-order valence-electron chi connectivity index (χ4n) is 1.52. The van der Waals surface area contributed by atoms with E-state index in [4.69, 9.17) is 10.8 Å². The lowest BCUT2D eigenvalue weighted by Crippen LogP contribution is -2.54. The molecule has 0 aromatic carbocycles. The number of carbonyl (C=O) groups excluding carboxylic acids is 1. The topological polar surface area (TPSA) is 75.4 Å². The van der Waals surface area contributed by atoms with E-state index < -0.39 is 5.54 Å². The third-order valence-corrected chi connectivity index (χ3v) is 2.59. The number of nitrogens with one attached hydrogen (secondary N) is 1. The van der Waals surface area contributed by atoms with E-state index in [0.29, 0.717) is 12.8 Å². The Morgan fingerprint density at radius 3 is 2.44 bits per heavy atom. The van der Waals surface area contributed by atoms with Gasteiger partial charge >= 0.3 is 0 Å². The number of nitrogens with two attached hydrogens (primary N) is 1. The molecule has 4 nitrogen and oxygen atoms in total. The summed E-state index contributed by atoms with van der Waals surface area (Å²) < 4.78 is 0. The zero-order valence-electron chi connectivity index (χ0n) is 10.5. The van der Waals surface area contributed by atoms with Crippen LogP contribution in [0, 0.1) is 0 Å². The van der Waals surface area contributed by atoms with Crippen LogP contribution in [0.1, 0.15) is 46.5 Å². The largest absolute Gasteiger partial charge is 0.396 e. The molecule has 16 heavy (non-hydrogen) atoms. The van der Waals surface area contributed by atoms with E-state index in [0.717, 1.165) is 12.8 Å². The highest BCUT2D eigenvalue weighted by Gasteiger charge is 2.28. The zero-order chi connectivity index (χ0) is 11.9. The molecule has 0 aliphatic heterocycles. The van der Waals surface area contributed by atoms with Crippen molar-refractivity contribution in [1.82, 2.24) is 5.32 Å². The van der Waals surface area contributed by atoms with Crippen LogP contribution >= 0.6 is 12.4 Å². The first-order valence-corrected chi connectivity index (χ1v) is 5.68. The van der Waals surface area contributed by atoms with Crippen LogP contribution < -0.4 is 11.1 Å². The first-order valence-electron chi connectivity index (χ1n) is 5.68. The van der Waals surface area contributed by atoms with Gasteiger partial charge in [0.15, 0.2) is 0 Å². The molecule has 4 N–H and O–H groups in total. The standard InChI is InChI=1S/C11H24N2O2.ClH/c1-4-7-11(3,12)10(15)13-9(5-2)6-8-14;/h9,14H,4-8,12H2,1-3H3,(H,13,15);1H. The second-order valence-corrected chi connectivity index (χ2v) is 4.26. The maximum absolute atomic E-state index is 11.8. The molecule has 0 fully saturated rings. The van der Waals surface area contributed by atoms with Gasteiger partial charge in [-0.3, -0.25) is 4.79 Å². The Bertz CT molecular complexity index is 198. The number of aliphatic hydroxyl groups is 1. The van der Waals surface area contributed by atoms with Crippen LogP contribution in [-0.4, -0.2) is 29.2 Å². The van der Waals surface area contributed by atoms with Crippen LogP contribution in [0.4, 0.5) is 0 Å². The van der Waals surface area contributed by atoms with Gasteiger partial charge in [0.25, 0.3) is 0 Å². The van der Waals surface area contributed by atoms with E-state index in [9.17, 15) is 4.79 Å². The van der Waals surface area contributed by atoms with Gasteiger partial charge in [0.05, 0.1) is 5.54 Å². The fourth-order valence-corrected chi connectivity index (χ4v) is 1.52. The number of amides is 1. The lowest BCUT2D eigenvalue weighted by Gasteiger charge is -2.26. The average Bonchev–Trinajstić information content (AvgIpc) is 2.16. The van der Waals surface area contributed by atoms with E-state index >= 15 is 0 Å². The van der Waals surface area contributed by atoms with Crippen molar-refractivity contribution in [3.8, 4) is 0 Å². The normalized spacial score (nSPS) is 15.8. The lowest BCUT2D eigenvalue weighted by atomic mass is 9.95. The summed E-state index contributed by atoms with van der Waals surface area (Å²) in [5, 5.41) is 11.7. The Labute approximate surface area is 104 Å². The average molecular weight is 253 g/mol. The van der Waals surface area contributed by atoms with Gasteiger partial charge in [0.1, 0.15) is 0 Å². The van der Waals surface area contributed by atoms with Gasteiger partial charge in [-0.25, -0.2) is 0 Å². The summed E-state index contributed by atoms with van der Waals surface area (Å²) in [5.74, 6) is -0.121. The minimum Gasteiger partial charge on any atom is -0.396 e. The van der Waals surface area contributed by atoms with Crippen molar-refractivity contribution in [1.29, 1.82) is 0 Å². The van der Waals surface area contributed by atoms with Gasteiger partial charge in [-0.2, -0.15) is 0 Å². The highest BCUT2D eigenvalue weighted by atomic mass is 35.5. The lowest BCUT2D eigenvalue weighted by molar-refractivity contribution is -0.126. The van der Waals surface area contributed by atoms with E-state index in [1.165, 1.54) is 0 Å². The molecule has 0 spiro atoms. The minimum absolute atomic E-state index is 0. The summed E-state index contributed by atoms with van der Waals surface area (Å²) in [4.78, 5) is 11.8. The molecular weight excluding hydrogens is 228 g/mol. The smallest absolute Gasteiger partial charge is 0.240 e. The Balaban J connectivity index is 0. The van der Waals surface area contributed by atoms with Crippen molar-refractivity contribution in [2.45, 2.75) is 58.0 Å². The minimum atomic E-state index is -0.794. The predicted octanol–water partition coefficient (Wildman–Crippen LogP) is 1.20. The number of hydrogen-bond acceptors (Lipinski definition) is 3. The van der Waals surface area contributed by atoms with E-state index in [-0.39, 0.29) is 31.0 Å². The highest BCUT2D eigenvalue weighted by molar-refractivity contribution is 5.86. The van der Waals surface area contributed by atoms with Crippen LogP contribution in [0.3, 0.4) is 0 Å². The number of aliphatic hydroxyl groups excluding tert-OH is 1. The molecule has 1 amide bonds. The molecule has 0 saturated carbocycles. The Morgan fingerprint density at radius 2 is 2.06 bits per heavy atom. The highest BCUT2D eigenvalue weighted by Crippen LogP contribution is 2.09. The van der Waals surface area contributed by atoms with Crippen LogP contribution in [0.15, 0.2) is 0 Å². The van der Waals surface area contributed by atoms with E-state index in [1.807, 2.05) is 13.8 Å². The van der Waals surface area contributed by atoms with Crippen LogP contribution in [0.2, 0.25) is 0 Å². The first-order chi connectivity index (χ1) is 6.97. The van der Waals surface area contributed by atoms with Crippen LogP contribution in [-0.2, 0) is 4.79 Å². The molecule has 0 bridgehead atoms. The second kappa shape index (κ2) is 8.79. The molecule has 98 valence electrons. The van der Waals surface area contributed by atoms with E-state index in [1.54, 1.807) is 6.92 Å². The SMILES string of the molecule is CCCC(C)(N)C(=O)NC(CC)CCO.Cl. The number of carbonyl (C=O) groups is 1. The molecular formula is C11H25ClN2O2. The third kappa shape index (κ3) is 6.30. The molecule has 5 heteroatoms. The first kappa shape index (κ1) is 18.1. The maximum atomic E-state index is 11.8. The summed E-state index contributed by atoms with van der Waals surface area (Å²) in [7, 11) is 0. The number of rotatable bonds is 7. The molecule has 0 saturated heterocycles. The molecule has 0 aromatic heterocycles. The van der Waals surface area contributed by atoms with E-state index in [2.05, 4.69) is 5.32 Å². The molecule has 0 heterocycles. The molecule has 2 unspecified atom stereocenters. The molecule has 2 atom stereocenters. The number of halogens is 1. The Morgan fingerprint density at radius 1 is 1.50 bits per heavy atom. The zero-order valence-corrected chi connectivity index (χ0v) is 11.3. The van der Waals surface area contributed by atoms with Crippen molar-refractivity contribution in [3.05, 3.63) is 0 Å². The van der Waals surface area contributed by atoms with Crippen molar-refractivity contribution in [2.24, 2.45) is 5.73 Å². The monoisotopic (exact) mass is 252 g/mol. The molecule has 0 aliphatic rings. The van der Waals surface area contributed by atoms with Crippen molar-refractivity contribution in [3.63, 3.8) is 0 Å². The second-order valence-electron chi connectivity index (χ2n) is 4.26. The van der Waals surface area contributed by atoms with Crippen molar-refractivity contribution in [2.75, 3.05) is 6.61 Å². The molecule has 0 aromatic rings. The van der Waals surface area contributed by atoms with Gasteiger partial charge in [-0.1, -0.05) is 20.3 Å². The third-order valence-electron chi connectivity index (χ3n) is 2.59. The van der Waals surface area contributed by atoms with Crippen LogP contribution in [0.5, 0.6) is 0 Å². The fraction of sp³-hybridized carbons (Fsp3) is 0.909. The number of hydrogen-bond donors (Lipinski definition) is 3. The van der Waals surface area contributed by atoms with Gasteiger partial charge in [-0.05, 0) is 26.2 Å². The summed E-state index contributed by atoms with van der Waals surface area (Å²) in [5.41, 5.74) is 5.10. The summed E-state index contributed by atoms with van der Waals surface area (Å²) in [6.45, 7) is 5.82. The maximum Gasteiger partial charge on any atom is 0.240 e.